The lowest BCUT2D eigenvalue weighted by Crippen LogP contribution is -2.33. The van der Waals surface area contributed by atoms with Crippen molar-refractivity contribution in [2.75, 3.05) is 17.6 Å². The standard InChI is InChI=1S/C17H26N4OS3/c1-3-4-5-7-13(2)19-15(22)12-24-17-21-20-16(25-17)18-10-9-14-8-6-11-23-14/h6,8,11,13H,3-5,7,9-10,12H2,1-2H3,(H,18,20)(H,19,22). The number of thioether (sulfide) groups is 1. The molecule has 0 spiro atoms. The number of nitrogens with zero attached hydrogens (tertiary/aromatic N) is 2. The second-order valence-corrected chi connectivity index (χ2v) is 9.11. The van der Waals surface area contributed by atoms with Crippen molar-refractivity contribution in [3.8, 4) is 0 Å². The number of thiophene rings is 1. The zero-order valence-electron chi connectivity index (χ0n) is 14.8. The monoisotopic (exact) mass is 398 g/mol. The first-order valence-corrected chi connectivity index (χ1v) is 11.4. The first kappa shape index (κ1) is 20.2. The zero-order valence-corrected chi connectivity index (χ0v) is 17.2. The summed E-state index contributed by atoms with van der Waals surface area (Å²) in [4.78, 5) is 13.3. The van der Waals surface area contributed by atoms with Gasteiger partial charge in [0.25, 0.3) is 0 Å². The minimum Gasteiger partial charge on any atom is -0.360 e. The fourth-order valence-corrected chi connectivity index (χ4v) is 4.60. The van der Waals surface area contributed by atoms with Gasteiger partial charge in [-0.15, -0.1) is 21.5 Å². The number of anilines is 1. The van der Waals surface area contributed by atoms with Crippen molar-refractivity contribution >= 4 is 45.5 Å². The lowest BCUT2D eigenvalue weighted by atomic mass is 10.1. The molecule has 0 fully saturated rings. The van der Waals surface area contributed by atoms with E-state index in [-0.39, 0.29) is 11.9 Å². The summed E-state index contributed by atoms with van der Waals surface area (Å²) in [6, 6.07) is 4.44. The molecule has 0 aliphatic rings. The fourth-order valence-electron chi connectivity index (χ4n) is 2.30. The Morgan fingerprint density at radius 1 is 1.36 bits per heavy atom. The molecule has 1 amide bonds. The van der Waals surface area contributed by atoms with Crippen LogP contribution in [0.5, 0.6) is 0 Å². The van der Waals surface area contributed by atoms with Gasteiger partial charge in [0.05, 0.1) is 5.75 Å². The van der Waals surface area contributed by atoms with Crippen LogP contribution in [0.2, 0.25) is 0 Å². The van der Waals surface area contributed by atoms with E-state index >= 15 is 0 Å². The van der Waals surface area contributed by atoms with Crippen molar-refractivity contribution in [2.45, 2.75) is 56.3 Å². The Hall–Kier alpha value is -1.12. The lowest BCUT2D eigenvalue weighted by molar-refractivity contribution is -0.119. The number of nitrogens with one attached hydrogen (secondary N) is 2. The molecule has 5 nitrogen and oxygen atoms in total. The van der Waals surface area contributed by atoms with Gasteiger partial charge in [-0.1, -0.05) is 55.4 Å². The first-order valence-electron chi connectivity index (χ1n) is 8.69. The highest BCUT2D eigenvalue weighted by molar-refractivity contribution is 8.01. The molecular formula is C17H26N4OS3. The van der Waals surface area contributed by atoms with Crippen molar-refractivity contribution in [1.82, 2.24) is 15.5 Å². The van der Waals surface area contributed by atoms with Crippen LogP contribution < -0.4 is 10.6 Å². The predicted molar refractivity (Wildman–Crippen MR) is 109 cm³/mol. The number of aromatic nitrogens is 2. The van der Waals surface area contributed by atoms with Crippen molar-refractivity contribution in [3.63, 3.8) is 0 Å². The van der Waals surface area contributed by atoms with E-state index in [0.717, 1.165) is 28.9 Å². The topological polar surface area (TPSA) is 66.9 Å². The van der Waals surface area contributed by atoms with Gasteiger partial charge < -0.3 is 10.6 Å². The summed E-state index contributed by atoms with van der Waals surface area (Å²) in [6.45, 7) is 5.10. The molecule has 8 heteroatoms. The highest BCUT2D eigenvalue weighted by atomic mass is 32.2. The Kier molecular flexibility index (Phi) is 9.28. The normalized spacial score (nSPS) is 12.1. The van der Waals surface area contributed by atoms with Crippen molar-refractivity contribution < 1.29 is 4.79 Å². The Balaban J connectivity index is 1.62. The number of carbonyl (C=O) groups excluding carboxylic acids is 1. The van der Waals surface area contributed by atoms with Gasteiger partial charge in [-0.05, 0) is 31.2 Å². The van der Waals surface area contributed by atoms with Crippen molar-refractivity contribution in [2.24, 2.45) is 0 Å². The van der Waals surface area contributed by atoms with Gasteiger partial charge in [0.2, 0.25) is 11.0 Å². The maximum Gasteiger partial charge on any atom is 0.230 e. The van der Waals surface area contributed by atoms with Crippen molar-refractivity contribution in [1.29, 1.82) is 0 Å². The van der Waals surface area contributed by atoms with E-state index in [4.69, 9.17) is 0 Å². The summed E-state index contributed by atoms with van der Waals surface area (Å²) in [5, 5.41) is 17.5. The lowest BCUT2D eigenvalue weighted by Gasteiger charge is -2.12. The number of carbonyl (C=O) groups is 1. The molecule has 2 aromatic heterocycles. The molecule has 0 bridgehead atoms. The summed E-state index contributed by atoms with van der Waals surface area (Å²) in [6.07, 6.45) is 5.63. The summed E-state index contributed by atoms with van der Waals surface area (Å²) < 4.78 is 0.826. The average molecular weight is 399 g/mol. The fraction of sp³-hybridized carbons (Fsp3) is 0.588. The second kappa shape index (κ2) is 11.5. The van der Waals surface area contributed by atoms with E-state index in [1.807, 2.05) is 0 Å². The van der Waals surface area contributed by atoms with E-state index < -0.39 is 0 Å². The Morgan fingerprint density at radius 2 is 2.24 bits per heavy atom. The van der Waals surface area contributed by atoms with Gasteiger partial charge in [0, 0.05) is 17.5 Å². The summed E-state index contributed by atoms with van der Waals surface area (Å²) in [5.41, 5.74) is 0. The van der Waals surface area contributed by atoms with Crippen molar-refractivity contribution in [3.05, 3.63) is 22.4 Å². The highest BCUT2D eigenvalue weighted by Gasteiger charge is 2.10. The maximum absolute atomic E-state index is 12.0. The minimum atomic E-state index is 0.0661. The Bertz CT molecular complexity index is 615. The third-order valence-electron chi connectivity index (χ3n) is 3.61. The van der Waals surface area contributed by atoms with Crippen LogP contribution in [-0.4, -0.2) is 34.4 Å². The zero-order chi connectivity index (χ0) is 17.9. The molecule has 2 rings (SSSR count). The van der Waals surface area contributed by atoms with Crippen LogP contribution in [0, 0.1) is 0 Å². The van der Waals surface area contributed by atoms with Gasteiger partial charge in [-0.25, -0.2) is 0 Å². The Labute approximate surface area is 162 Å². The van der Waals surface area contributed by atoms with Crippen LogP contribution in [0.3, 0.4) is 0 Å². The molecule has 2 heterocycles. The quantitative estimate of drug-likeness (QED) is 0.409. The van der Waals surface area contributed by atoms with Crippen LogP contribution in [0.25, 0.3) is 0 Å². The van der Waals surface area contributed by atoms with Gasteiger partial charge in [-0.3, -0.25) is 4.79 Å². The molecule has 0 aliphatic carbocycles. The summed E-state index contributed by atoms with van der Waals surface area (Å²) in [5.74, 6) is 0.457. The van der Waals surface area contributed by atoms with Gasteiger partial charge in [0.1, 0.15) is 0 Å². The third kappa shape index (κ3) is 8.20. The van der Waals surface area contributed by atoms with Crippen LogP contribution in [0.4, 0.5) is 5.13 Å². The summed E-state index contributed by atoms with van der Waals surface area (Å²) in [7, 11) is 0. The molecule has 0 aromatic carbocycles. The average Bonchev–Trinajstić information content (AvgIpc) is 3.25. The molecule has 1 atom stereocenters. The first-order chi connectivity index (χ1) is 12.2. The number of amides is 1. The number of rotatable bonds is 12. The minimum absolute atomic E-state index is 0.0661. The van der Waals surface area contributed by atoms with Crippen LogP contribution in [-0.2, 0) is 11.2 Å². The molecule has 0 saturated carbocycles. The molecule has 138 valence electrons. The second-order valence-electron chi connectivity index (χ2n) is 5.88. The van der Waals surface area contributed by atoms with E-state index in [2.05, 4.69) is 52.2 Å². The third-order valence-corrected chi connectivity index (χ3v) is 6.56. The van der Waals surface area contributed by atoms with E-state index in [0.29, 0.717) is 5.75 Å². The van der Waals surface area contributed by atoms with Gasteiger partial charge >= 0.3 is 0 Å². The molecule has 1 unspecified atom stereocenters. The molecule has 25 heavy (non-hydrogen) atoms. The number of unbranched alkanes of at least 4 members (excludes halogenated alkanes) is 2. The molecule has 2 aromatic rings. The Morgan fingerprint density at radius 3 is 3.00 bits per heavy atom. The molecular weight excluding hydrogens is 372 g/mol. The van der Waals surface area contributed by atoms with Crippen LogP contribution in [0.1, 0.15) is 44.4 Å². The number of hydrogen-bond donors (Lipinski definition) is 2. The number of hydrogen-bond acceptors (Lipinski definition) is 7. The smallest absolute Gasteiger partial charge is 0.230 e. The van der Waals surface area contributed by atoms with Gasteiger partial charge in [-0.2, -0.15) is 0 Å². The summed E-state index contributed by atoms with van der Waals surface area (Å²) >= 11 is 4.71. The molecule has 0 aliphatic heterocycles. The predicted octanol–water partition coefficient (Wildman–Crippen LogP) is 4.43. The molecule has 0 saturated heterocycles. The van der Waals surface area contributed by atoms with E-state index in [9.17, 15) is 4.79 Å². The highest BCUT2D eigenvalue weighted by Crippen LogP contribution is 2.25. The van der Waals surface area contributed by atoms with E-state index in [1.54, 1.807) is 11.3 Å². The van der Waals surface area contributed by atoms with Gasteiger partial charge in [0.15, 0.2) is 4.34 Å². The van der Waals surface area contributed by atoms with Crippen LogP contribution in [0.15, 0.2) is 21.9 Å². The SMILES string of the molecule is CCCCCC(C)NC(=O)CSc1nnc(NCCc2cccs2)s1. The molecule has 2 N–H and O–H groups in total. The largest absolute Gasteiger partial charge is 0.360 e. The van der Waals surface area contributed by atoms with Crippen LogP contribution >= 0.6 is 34.4 Å². The maximum atomic E-state index is 12.0. The van der Waals surface area contributed by atoms with E-state index in [1.165, 1.54) is 47.2 Å². The molecule has 0 radical (unpaired) electrons.